The Balaban J connectivity index is 1.83. The molecule has 2 N–H and O–H groups in total. The first-order valence-corrected chi connectivity index (χ1v) is 12.4. The van der Waals surface area contributed by atoms with E-state index >= 15 is 0 Å². The second-order valence-electron chi connectivity index (χ2n) is 9.98. The highest BCUT2D eigenvalue weighted by Crippen LogP contribution is 2.26. The lowest BCUT2D eigenvalue weighted by Gasteiger charge is -2.33. The molecule has 1 aliphatic carbocycles. The Hall–Kier alpha value is -2.22. The number of carbonyl (C=O) groups is 2. The van der Waals surface area contributed by atoms with Crippen LogP contribution in [-0.2, 0) is 30.4 Å². The third kappa shape index (κ3) is 9.20. The molecule has 0 saturated heterocycles. The van der Waals surface area contributed by atoms with Crippen LogP contribution < -0.4 is 10.8 Å². The number of hydroxylamine groups is 1. The van der Waals surface area contributed by atoms with Crippen LogP contribution in [-0.4, -0.2) is 36.4 Å². The number of rotatable bonds is 13. The van der Waals surface area contributed by atoms with Crippen molar-refractivity contribution in [2.24, 2.45) is 11.8 Å². The highest BCUT2D eigenvalue weighted by atomic mass is 16.8. The molecule has 34 heavy (non-hydrogen) atoms. The summed E-state index contributed by atoms with van der Waals surface area (Å²) in [5.74, 6) is -0.0576. The van der Waals surface area contributed by atoms with Gasteiger partial charge in [0.2, 0.25) is 0 Å². The number of hydrogen-bond acceptors (Lipinski definition) is 6. The molecule has 1 saturated carbocycles. The monoisotopic (exact) mass is 474 g/mol. The van der Waals surface area contributed by atoms with Crippen molar-refractivity contribution in [2.45, 2.75) is 91.7 Å². The summed E-state index contributed by atoms with van der Waals surface area (Å²) in [6.45, 7) is 12.9. The molecule has 2 rings (SSSR count). The molecule has 0 spiro atoms. The first kappa shape index (κ1) is 28.0. The van der Waals surface area contributed by atoms with Crippen molar-refractivity contribution in [1.29, 1.82) is 0 Å². The van der Waals surface area contributed by atoms with Crippen molar-refractivity contribution in [2.75, 3.05) is 6.61 Å². The van der Waals surface area contributed by atoms with Gasteiger partial charge in [-0.3, -0.25) is 14.9 Å². The first-order chi connectivity index (χ1) is 16.1. The number of carbonyl (C=O) groups excluding carboxylic acids is 2. The highest BCUT2D eigenvalue weighted by Gasteiger charge is 2.39. The van der Waals surface area contributed by atoms with Gasteiger partial charge in [0.1, 0.15) is 11.6 Å². The molecule has 190 valence electrons. The summed E-state index contributed by atoms with van der Waals surface area (Å²) in [7, 11) is 0. The van der Waals surface area contributed by atoms with Crippen LogP contribution in [0.5, 0.6) is 0 Å². The number of esters is 1. The van der Waals surface area contributed by atoms with Crippen molar-refractivity contribution >= 4 is 18.0 Å². The summed E-state index contributed by atoms with van der Waals surface area (Å²) in [4.78, 5) is 30.0. The normalized spacial score (nSPS) is 17.3. The summed E-state index contributed by atoms with van der Waals surface area (Å²) in [6.07, 6.45) is 6.85. The molecule has 0 aliphatic heterocycles. The number of benzene rings is 1. The quantitative estimate of drug-likeness (QED) is 0.186. The minimum Gasteiger partial charge on any atom is -0.461 e. The Bertz CT molecular complexity index is 800. The van der Waals surface area contributed by atoms with Crippen LogP contribution in [0.1, 0.15) is 78.4 Å². The lowest BCUT2D eigenvalue weighted by molar-refractivity contribution is -0.180. The van der Waals surface area contributed by atoms with Crippen LogP contribution in [0.4, 0.5) is 0 Å². The molecule has 0 heterocycles. The maximum atomic E-state index is 12.9. The van der Waals surface area contributed by atoms with Crippen LogP contribution in [0.25, 0.3) is 6.08 Å². The zero-order chi connectivity index (χ0) is 25.1. The van der Waals surface area contributed by atoms with Crippen molar-refractivity contribution in [3.8, 4) is 0 Å². The second-order valence-corrected chi connectivity index (χ2v) is 9.98. The SMILES string of the molecule is CC(C)COC(C)ONC(=O)/C=C/c1ccc(CN[C@](C)(C(=O)OC2CCCC2)C(C)C)cc1. The molecular weight excluding hydrogens is 432 g/mol. The predicted octanol–water partition coefficient (Wildman–Crippen LogP) is 4.76. The molecule has 0 radical (unpaired) electrons. The van der Waals surface area contributed by atoms with Gasteiger partial charge in [0.25, 0.3) is 5.91 Å². The van der Waals surface area contributed by atoms with Crippen molar-refractivity contribution in [3.63, 3.8) is 0 Å². The van der Waals surface area contributed by atoms with Crippen LogP contribution in [0, 0.1) is 11.8 Å². The number of nitrogens with one attached hydrogen (secondary N) is 2. The van der Waals surface area contributed by atoms with Gasteiger partial charge >= 0.3 is 5.97 Å². The van der Waals surface area contributed by atoms with E-state index in [1.165, 1.54) is 6.08 Å². The topological polar surface area (TPSA) is 85.9 Å². The van der Waals surface area contributed by atoms with Crippen LogP contribution in [0.2, 0.25) is 0 Å². The van der Waals surface area contributed by atoms with E-state index in [0.29, 0.717) is 19.1 Å². The van der Waals surface area contributed by atoms with E-state index in [1.807, 2.05) is 58.9 Å². The first-order valence-electron chi connectivity index (χ1n) is 12.4. The van der Waals surface area contributed by atoms with Crippen LogP contribution >= 0.6 is 0 Å². The van der Waals surface area contributed by atoms with E-state index in [-0.39, 0.29) is 23.9 Å². The van der Waals surface area contributed by atoms with Gasteiger partial charge in [-0.2, -0.15) is 0 Å². The zero-order valence-corrected chi connectivity index (χ0v) is 21.6. The molecular formula is C27H42N2O5. The molecule has 1 aromatic carbocycles. The fourth-order valence-electron chi connectivity index (χ4n) is 3.53. The Kier molecular flexibility index (Phi) is 11.2. The smallest absolute Gasteiger partial charge is 0.326 e. The lowest BCUT2D eigenvalue weighted by atomic mass is 9.88. The summed E-state index contributed by atoms with van der Waals surface area (Å²) in [5, 5.41) is 3.41. The number of ether oxygens (including phenoxy) is 2. The molecule has 1 fully saturated rings. The number of amides is 1. The Morgan fingerprint density at radius 2 is 1.74 bits per heavy atom. The summed E-state index contributed by atoms with van der Waals surface area (Å²) in [6, 6.07) is 7.82. The number of hydrogen-bond donors (Lipinski definition) is 2. The van der Waals surface area contributed by atoms with Crippen molar-refractivity contribution in [3.05, 3.63) is 41.5 Å². The average molecular weight is 475 g/mol. The second kappa shape index (κ2) is 13.6. The molecule has 0 aromatic heterocycles. The molecule has 1 unspecified atom stereocenters. The molecule has 7 nitrogen and oxygen atoms in total. The van der Waals surface area contributed by atoms with E-state index in [1.54, 1.807) is 13.0 Å². The molecule has 2 atom stereocenters. The van der Waals surface area contributed by atoms with E-state index in [0.717, 1.165) is 36.8 Å². The van der Waals surface area contributed by atoms with Gasteiger partial charge in [0.05, 0.1) is 6.61 Å². The van der Waals surface area contributed by atoms with Gasteiger partial charge in [0, 0.05) is 12.6 Å². The van der Waals surface area contributed by atoms with E-state index in [2.05, 4.69) is 10.8 Å². The Morgan fingerprint density at radius 1 is 1.09 bits per heavy atom. The summed E-state index contributed by atoms with van der Waals surface area (Å²) >= 11 is 0. The Morgan fingerprint density at radius 3 is 2.32 bits per heavy atom. The van der Waals surface area contributed by atoms with Gasteiger partial charge in [-0.15, -0.1) is 0 Å². The van der Waals surface area contributed by atoms with Crippen molar-refractivity contribution in [1.82, 2.24) is 10.8 Å². The van der Waals surface area contributed by atoms with Crippen molar-refractivity contribution < 1.29 is 23.9 Å². The fourth-order valence-corrected chi connectivity index (χ4v) is 3.53. The van der Waals surface area contributed by atoms with E-state index < -0.39 is 11.8 Å². The standard InChI is InChI=1S/C27H42N2O5/c1-19(2)18-32-21(5)34-29-25(30)16-15-22-11-13-23(14-12-22)17-28-27(6,20(3)4)26(31)33-24-9-7-8-10-24/h11-16,19-21,24,28H,7-10,17-18H2,1-6H3,(H,29,30)/b16-15+/t21?,27-/m0/s1. The highest BCUT2D eigenvalue weighted by molar-refractivity contribution is 5.90. The average Bonchev–Trinajstić information content (AvgIpc) is 3.31. The lowest BCUT2D eigenvalue weighted by Crippen LogP contribution is -2.54. The molecule has 0 bridgehead atoms. The fraction of sp³-hybridized carbons (Fsp3) is 0.630. The zero-order valence-electron chi connectivity index (χ0n) is 21.6. The Labute approximate surface area is 204 Å². The van der Waals surface area contributed by atoms with E-state index in [4.69, 9.17) is 14.3 Å². The summed E-state index contributed by atoms with van der Waals surface area (Å²) < 4.78 is 11.2. The predicted molar refractivity (Wildman–Crippen MR) is 133 cm³/mol. The molecule has 1 aliphatic rings. The van der Waals surface area contributed by atoms with E-state index in [9.17, 15) is 9.59 Å². The van der Waals surface area contributed by atoms with Gasteiger partial charge in [0.15, 0.2) is 6.29 Å². The van der Waals surface area contributed by atoms with Crippen LogP contribution in [0.15, 0.2) is 30.3 Å². The molecule has 1 amide bonds. The van der Waals surface area contributed by atoms with Gasteiger partial charge in [-0.25, -0.2) is 10.3 Å². The largest absolute Gasteiger partial charge is 0.461 e. The molecule has 7 heteroatoms. The van der Waals surface area contributed by atoms with Gasteiger partial charge in [-0.1, -0.05) is 52.0 Å². The maximum Gasteiger partial charge on any atom is 0.326 e. The van der Waals surface area contributed by atoms with Crippen LogP contribution in [0.3, 0.4) is 0 Å². The maximum absolute atomic E-state index is 12.9. The van der Waals surface area contributed by atoms with Gasteiger partial charge in [-0.05, 0) is 68.6 Å². The minimum atomic E-state index is -0.755. The third-order valence-electron chi connectivity index (χ3n) is 6.21. The molecule has 1 aromatic rings. The minimum absolute atomic E-state index is 0.0526. The van der Waals surface area contributed by atoms with Gasteiger partial charge < -0.3 is 9.47 Å². The third-order valence-corrected chi connectivity index (χ3v) is 6.21. The summed E-state index contributed by atoms with van der Waals surface area (Å²) in [5.41, 5.74) is 3.54.